The number of thiazole rings is 1. The summed E-state index contributed by atoms with van der Waals surface area (Å²) in [6, 6.07) is 7.45. The number of aromatic nitrogens is 3. The molecule has 1 saturated heterocycles. The van der Waals surface area contributed by atoms with Crippen molar-refractivity contribution in [3.8, 4) is 10.4 Å². The fraction of sp³-hybridized carbons (Fsp3) is 0.444. The number of amides is 3. The van der Waals surface area contributed by atoms with Crippen LogP contribution in [0.25, 0.3) is 10.4 Å². The molecule has 0 spiro atoms. The summed E-state index contributed by atoms with van der Waals surface area (Å²) in [4.78, 5) is 45.6. The molecule has 0 radical (unpaired) electrons. The Hall–Kier alpha value is -3.57. The fourth-order valence-electron chi connectivity index (χ4n) is 4.85. The summed E-state index contributed by atoms with van der Waals surface area (Å²) in [6.45, 7) is 9.52. The molecule has 3 aromatic rings. The third kappa shape index (κ3) is 5.63. The minimum absolute atomic E-state index is 0.0325. The largest absolute Gasteiger partial charge is 0.391 e. The summed E-state index contributed by atoms with van der Waals surface area (Å²) in [5.74, 6) is -1.39. The number of β-amino-alcohol motifs (C(OH)–C–C–N with tert-alkyl or cyclic N) is 1. The van der Waals surface area contributed by atoms with Gasteiger partial charge < -0.3 is 21.1 Å². The van der Waals surface area contributed by atoms with Crippen molar-refractivity contribution in [2.24, 2.45) is 11.1 Å². The van der Waals surface area contributed by atoms with Crippen molar-refractivity contribution >= 4 is 29.1 Å². The number of nitrogens with zero attached hydrogens (tertiary/aromatic N) is 4. The highest BCUT2D eigenvalue weighted by atomic mass is 32.1. The van der Waals surface area contributed by atoms with Gasteiger partial charge in [-0.25, -0.2) is 4.98 Å². The second kappa shape index (κ2) is 10.7. The normalized spacial score (nSPS) is 19.3. The predicted molar refractivity (Wildman–Crippen MR) is 144 cm³/mol. The highest BCUT2D eigenvalue weighted by molar-refractivity contribution is 7.13. The molecule has 38 heavy (non-hydrogen) atoms. The van der Waals surface area contributed by atoms with Gasteiger partial charge in [-0.05, 0) is 36.5 Å². The highest BCUT2D eigenvalue weighted by Crippen LogP contribution is 2.35. The van der Waals surface area contributed by atoms with Crippen LogP contribution in [0.2, 0.25) is 0 Å². The summed E-state index contributed by atoms with van der Waals surface area (Å²) in [7, 11) is 0. The van der Waals surface area contributed by atoms with Gasteiger partial charge in [0.2, 0.25) is 11.8 Å². The van der Waals surface area contributed by atoms with Gasteiger partial charge in [-0.2, -0.15) is 5.10 Å². The number of nitrogens with two attached hydrogens (primary N) is 1. The van der Waals surface area contributed by atoms with Crippen LogP contribution in [0.3, 0.4) is 0 Å². The van der Waals surface area contributed by atoms with Gasteiger partial charge in [0.25, 0.3) is 5.91 Å². The van der Waals surface area contributed by atoms with Crippen molar-refractivity contribution in [3.05, 3.63) is 59.0 Å². The Balaban J connectivity index is 1.51. The van der Waals surface area contributed by atoms with Crippen LogP contribution in [-0.4, -0.2) is 61.2 Å². The Labute approximate surface area is 225 Å². The van der Waals surface area contributed by atoms with Gasteiger partial charge >= 0.3 is 0 Å². The van der Waals surface area contributed by atoms with Crippen molar-refractivity contribution < 1.29 is 19.5 Å². The number of primary amides is 1. The van der Waals surface area contributed by atoms with E-state index in [0.717, 1.165) is 21.7 Å². The molecule has 1 aromatic carbocycles. The predicted octanol–water partition coefficient (Wildman–Crippen LogP) is 2.84. The minimum Gasteiger partial charge on any atom is -0.391 e. The van der Waals surface area contributed by atoms with Crippen LogP contribution in [-0.2, 0) is 9.59 Å². The Morgan fingerprint density at radius 2 is 1.87 bits per heavy atom. The van der Waals surface area contributed by atoms with E-state index >= 15 is 0 Å². The summed E-state index contributed by atoms with van der Waals surface area (Å²) in [5, 5.41) is 17.6. The number of carbonyl (C=O) groups is 3. The molecule has 0 saturated carbocycles. The third-order valence-electron chi connectivity index (χ3n) is 6.82. The van der Waals surface area contributed by atoms with Gasteiger partial charge in [0, 0.05) is 19.2 Å². The zero-order valence-corrected chi connectivity index (χ0v) is 23.0. The standard InChI is InChI=1S/C27H34N6O4S/c1-15(17-6-8-18(9-7-17)22-16(2)29-14-38-22)30-25(36)21-12-19(34)13-32(21)26(37)23(27(3,4)5)33-11-10-20(31-33)24(28)35/h6-11,14-15,19,21,23,34H,12-13H2,1-5H3,(H2,28,35)(H,30,36)/t15-,19+,21-,23+/m0/s1. The number of aliphatic hydroxyl groups excluding tert-OH is 1. The van der Waals surface area contributed by atoms with Crippen LogP contribution in [0, 0.1) is 12.3 Å². The topological polar surface area (TPSA) is 143 Å². The Morgan fingerprint density at radius 3 is 2.42 bits per heavy atom. The summed E-state index contributed by atoms with van der Waals surface area (Å²) >= 11 is 1.58. The second-order valence-electron chi connectivity index (χ2n) is 10.8. The summed E-state index contributed by atoms with van der Waals surface area (Å²) < 4.78 is 1.41. The Kier molecular flexibility index (Phi) is 7.70. The lowest BCUT2D eigenvalue weighted by molar-refractivity contribution is -0.144. The van der Waals surface area contributed by atoms with Crippen LogP contribution >= 0.6 is 11.3 Å². The number of hydrogen-bond acceptors (Lipinski definition) is 7. The maximum Gasteiger partial charge on any atom is 0.269 e. The number of nitrogens with one attached hydrogen (secondary N) is 1. The van der Waals surface area contributed by atoms with Gasteiger partial charge in [0.15, 0.2) is 0 Å². The Morgan fingerprint density at radius 1 is 1.18 bits per heavy atom. The average molecular weight is 539 g/mol. The van der Waals surface area contributed by atoms with E-state index in [0.29, 0.717) is 0 Å². The monoisotopic (exact) mass is 538 g/mol. The zero-order chi connectivity index (χ0) is 27.8. The molecule has 1 aliphatic heterocycles. The van der Waals surface area contributed by atoms with Gasteiger partial charge in [-0.3, -0.25) is 19.1 Å². The third-order valence-corrected chi connectivity index (χ3v) is 7.80. The van der Waals surface area contributed by atoms with E-state index in [1.807, 2.05) is 64.4 Å². The van der Waals surface area contributed by atoms with Gasteiger partial charge in [0.05, 0.1) is 28.2 Å². The van der Waals surface area contributed by atoms with Crippen LogP contribution in [0.4, 0.5) is 0 Å². The van der Waals surface area contributed by atoms with Crippen molar-refractivity contribution in [1.29, 1.82) is 0 Å². The Bertz CT molecular complexity index is 1330. The van der Waals surface area contributed by atoms with Gasteiger partial charge in [-0.1, -0.05) is 45.0 Å². The number of rotatable bonds is 7. The molecule has 0 unspecified atom stereocenters. The molecule has 4 N–H and O–H groups in total. The lowest BCUT2D eigenvalue weighted by Gasteiger charge is -2.35. The maximum atomic E-state index is 13.8. The molecule has 0 aliphatic carbocycles. The van der Waals surface area contributed by atoms with Crippen molar-refractivity contribution in [2.75, 3.05) is 6.54 Å². The molecule has 0 bridgehead atoms. The van der Waals surface area contributed by atoms with E-state index in [4.69, 9.17) is 5.73 Å². The zero-order valence-electron chi connectivity index (χ0n) is 22.2. The molecule has 3 heterocycles. The molecular weight excluding hydrogens is 504 g/mol. The minimum atomic E-state index is -0.838. The van der Waals surface area contributed by atoms with Gasteiger partial charge in [0.1, 0.15) is 17.8 Å². The molecule has 1 fully saturated rings. The summed E-state index contributed by atoms with van der Waals surface area (Å²) in [5.41, 5.74) is 9.58. The van der Waals surface area contributed by atoms with Crippen molar-refractivity contribution in [3.63, 3.8) is 0 Å². The number of carbonyl (C=O) groups excluding carboxylic acids is 3. The van der Waals surface area contributed by atoms with Crippen LogP contribution in [0.5, 0.6) is 0 Å². The maximum absolute atomic E-state index is 13.8. The van der Waals surface area contributed by atoms with E-state index in [9.17, 15) is 19.5 Å². The highest BCUT2D eigenvalue weighted by Gasteiger charge is 2.45. The van der Waals surface area contributed by atoms with E-state index in [-0.39, 0.29) is 36.5 Å². The quantitative estimate of drug-likeness (QED) is 0.422. The first-order chi connectivity index (χ1) is 17.9. The number of hydrogen-bond donors (Lipinski definition) is 3. The van der Waals surface area contributed by atoms with E-state index in [1.165, 1.54) is 21.8 Å². The first-order valence-corrected chi connectivity index (χ1v) is 13.4. The molecular formula is C27H34N6O4S. The van der Waals surface area contributed by atoms with E-state index in [2.05, 4.69) is 15.4 Å². The first kappa shape index (κ1) is 27.5. The number of aliphatic hydroxyl groups is 1. The molecule has 2 aromatic heterocycles. The average Bonchev–Trinajstić information content (AvgIpc) is 3.58. The van der Waals surface area contributed by atoms with Crippen molar-refractivity contribution in [2.45, 2.75) is 65.3 Å². The smallest absolute Gasteiger partial charge is 0.269 e. The number of benzene rings is 1. The van der Waals surface area contributed by atoms with E-state index < -0.39 is 29.5 Å². The fourth-order valence-corrected chi connectivity index (χ4v) is 5.66. The van der Waals surface area contributed by atoms with Crippen LogP contribution in [0.15, 0.2) is 42.0 Å². The molecule has 202 valence electrons. The van der Waals surface area contributed by atoms with Crippen LogP contribution < -0.4 is 11.1 Å². The molecule has 10 nitrogen and oxygen atoms in total. The first-order valence-electron chi connectivity index (χ1n) is 12.5. The van der Waals surface area contributed by atoms with Crippen molar-refractivity contribution in [1.82, 2.24) is 25.0 Å². The molecule has 1 aliphatic rings. The molecule has 4 atom stereocenters. The number of aryl methyl sites for hydroxylation is 1. The lowest BCUT2D eigenvalue weighted by Crippen LogP contribution is -2.50. The van der Waals surface area contributed by atoms with E-state index in [1.54, 1.807) is 11.3 Å². The second-order valence-corrected chi connectivity index (χ2v) is 11.7. The molecule has 3 amide bonds. The molecule has 4 rings (SSSR count). The SMILES string of the molecule is Cc1ncsc1-c1ccc([C@H](C)NC(=O)[C@@H]2C[C@@H](O)CN2C(=O)[C@@H](n2ccc(C(N)=O)n2)C(C)(C)C)cc1. The summed E-state index contributed by atoms with van der Waals surface area (Å²) in [6.07, 6.45) is 0.845. The molecule has 11 heteroatoms. The lowest BCUT2D eigenvalue weighted by atomic mass is 9.85. The van der Waals surface area contributed by atoms with Gasteiger partial charge in [-0.15, -0.1) is 11.3 Å². The van der Waals surface area contributed by atoms with Crippen LogP contribution in [0.1, 0.15) is 67.9 Å². The number of likely N-dealkylation sites (tertiary alicyclic amines) is 1.